The SMILES string of the molecule is CCCC(C)(N)C(=O)Nc1ccc(N2CCOCC2)cn1. The van der Waals surface area contributed by atoms with E-state index in [-0.39, 0.29) is 5.91 Å². The minimum Gasteiger partial charge on any atom is -0.378 e. The van der Waals surface area contributed by atoms with E-state index in [1.54, 1.807) is 13.1 Å². The average molecular weight is 292 g/mol. The number of pyridine rings is 1. The number of anilines is 2. The average Bonchev–Trinajstić information content (AvgIpc) is 2.49. The summed E-state index contributed by atoms with van der Waals surface area (Å²) in [6.45, 7) is 6.96. The summed E-state index contributed by atoms with van der Waals surface area (Å²) in [6, 6.07) is 3.77. The highest BCUT2D eigenvalue weighted by molar-refractivity contribution is 5.96. The van der Waals surface area contributed by atoms with Gasteiger partial charge in [0.1, 0.15) is 5.82 Å². The number of ether oxygens (including phenoxy) is 1. The van der Waals surface area contributed by atoms with Gasteiger partial charge in [-0.25, -0.2) is 4.98 Å². The van der Waals surface area contributed by atoms with Gasteiger partial charge in [0.25, 0.3) is 0 Å². The van der Waals surface area contributed by atoms with Crippen molar-refractivity contribution in [3.8, 4) is 0 Å². The van der Waals surface area contributed by atoms with Crippen LogP contribution in [0.25, 0.3) is 0 Å². The lowest BCUT2D eigenvalue weighted by Crippen LogP contribution is -2.48. The number of morpholine rings is 1. The van der Waals surface area contributed by atoms with Crippen LogP contribution < -0.4 is 16.0 Å². The first-order valence-corrected chi connectivity index (χ1v) is 7.42. The van der Waals surface area contributed by atoms with E-state index in [1.807, 2.05) is 19.1 Å². The third-order valence-corrected chi connectivity index (χ3v) is 3.65. The molecule has 0 bridgehead atoms. The molecule has 1 unspecified atom stereocenters. The van der Waals surface area contributed by atoms with Crippen LogP contribution in [0.1, 0.15) is 26.7 Å². The highest BCUT2D eigenvalue weighted by Crippen LogP contribution is 2.17. The van der Waals surface area contributed by atoms with Gasteiger partial charge in [0.15, 0.2) is 0 Å². The van der Waals surface area contributed by atoms with Crippen LogP contribution in [0.2, 0.25) is 0 Å². The topological polar surface area (TPSA) is 80.5 Å². The fourth-order valence-corrected chi connectivity index (χ4v) is 2.36. The molecule has 1 atom stereocenters. The van der Waals surface area contributed by atoms with Crippen molar-refractivity contribution in [3.63, 3.8) is 0 Å². The van der Waals surface area contributed by atoms with Gasteiger partial charge in [-0.2, -0.15) is 0 Å². The predicted octanol–water partition coefficient (Wildman–Crippen LogP) is 1.37. The van der Waals surface area contributed by atoms with Gasteiger partial charge in [0.2, 0.25) is 5.91 Å². The molecule has 1 fully saturated rings. The van der Waals surface area contributed by atoms with Crippen LogP contribution in [-0.4, -0.2) is 42.7 Å². The number of amides is 1. The van der Waals surface area contributed by atoms with Gasteiger partial charge in [0, 0.05) is 13.1 Å². The number of nitrogens with two attached hydrogens (primary N) is 1. The van der Waals surface area contributed by atoms with Gasteiger partial charge >= 0.3 is 0 Å². The summed E-state index contributed by atoms with van der Waals surface area (Å²) >= 11 is 0. The lowest BCUT2D eigenvalue weighted by Gasteiger charge is -2.28. The second-order valence-electron chi connectivity index (χ2n) is 5.62. The van der Waals surface area contributed by atoms with Gasteiger partial charge < -0.3 is 20.7 Å². The van der Waals surface area contributed by atoms with Gasteiger partial charge in [-0.05, 0) is 25.5 Å². The minimum atomic E-state index is -0.862. The van der Waals surface area contributed by atoms with Crippen molar-refractivity contribution < 1.29 is 9.53 Å². The molecule has 2 rings (SSSR count). The number of hydrogen-bond acceptors (Lipinski definition) is 5. The van der Waals surface area contributed by atoms with Crippen LogP contribution in [0.15, 0.2) is 18.3 Å². The summed E-state index contributed by atoms with van der Waals surface area (Å²) in [7, 11) is 0. The Morgan fingerprint density at radius 3 is 2.76 bits per heavy atom. The molecule has 2 heterocycles. The second-order valence-corrected chi connectivity index (χ2v) is 5.62. The van der Waals surface area contributed by atoms with E-state index in [1.165, 1.54) is 0 Å². The van der Waals surface area contributed by atoms with Gasteiger partial charge in [-0.15, -0.1) is 0 Å². The first kappa shape index (κ1) is 15.7. The van der Waals surface area contributed by atoms with Crippen molar-refractivity contribution in [2.45, 2.75) is 32.2 Å². The third-order valence-electron chi connectivity index (χ3n) is 3.65. The molecule has 21 heavy (non-hydrogen) atoms. The normalized spacial score (nSPS) is 18.1. The van der Waals surface area contributed by atoms with Gasteiger partial charge in [-0.1, -0.05) is 13.3 Å². The zero-order valence-electron chi connectivity index (χ0n) is 12.8. The second kappa shape index (κ2) is 6.87. The van der Waals surface area contributed by atoms with Gasteiger partial charge in [-0.3, -0.25) is 4.79 Å². The zero-order valence-corrected chi connectivity index (χ0v) is 12.8. The molecule has 0 spiro atoms. The molecule has 116 valence electrons. The summed E-state index contributed by atoms with van der Waals surface area (Å²) in [5, 5.41) is 2.78. The third kappa shape index (κ3) is 4.15. The van der Waals surface area contributed by atoms with Crippen LogP contribution in [0.4, 0.5) is 11.5 Å². The smallest absolute Gasteiger partial charge is 0.245 e. The molecule has 0 aliphatic carbocycles. The standard InChI is InChI=1S/C15H24N4O2/c1-3-6-15(2,16)14(20)18-13-5-4-12(11-17-13)19-7-9-21-10-8-19/h4-5,11H,3,6-10,16H2,1-2H3,(H,17,18,20). The Morgan fingerprint density at radius 1 is 1.48 bits per heavy atom. The Balaban J connectivity index is 1.97. The summed E-state index contributed by atoms with van der Waals surface area (Å²) in [6.07, 6.45) is 3.28. The monoisotopic (exact) mass is 292 g/mol. The maximum Gasteiger partial charge on any atom is 0.245 e. The molecule has 1 saturated heterocycles. The van der Waals surface area contributed by atoms with E-state index < -0.39 is 5.54 Å². The number of hydrogen-bond donors (Lipinski definition) is 2. The quantitative estimate of drug-likeness (QED) is 0.857. The largest absolute Gasteiger partial charge is 0.378 e. The Kier molecular flexibility index (Phi) is 5.14. The molecule has 6 heteroatoms. The number of rotatable bonds is 5. The summed E-state index contributed by atoms with van der Waals surface area (Å²) in [4.78, 5) is 18.6. The van der Waals surface area contributed by atoms with Crippen molar-refractivity contribution in [3.05, 3.63) is 18.3 Å². The zero-order chi connectivity index (χ0) is 15.3. The molecule has 1 aliphatic rings. The van der Waals surface area contributed by atoms with E-state index in [0.29, 0.717) is 12.2 Å². The number of nitrogens with one attached hydrogen (secondary N) is 1. The molecule has 1 amide bonds. The molecule has 1 aliphatic heterocycles. The van der Waals surface area contributed by atoms with Crippen LogP contribution in [-0.2, 0) is 9.53 Å². The van der Waals surface area contributed by atoms with E-state index in [0.717, 1.165) is 38.4 Å². The lowest BCUT2D eigenvalue weighted by atomic mass is 9.96. The van der Waals surface area contributed by atoms with Crippen molar-refractivity contribution in [2.24, 2.45) is 5.73 Å². The van der Waals surface area contributed by atoms with Crippen molar-refractivity contribution in [1.29, 1.82) is 0 Å². The molecule has 1 aromatic heterocycles. The number of nitrogens with zero attached hydrogens (tertiary/aromatic N) is 2. The lowest BCUT2D eigenvalue weighted by molar-refractivity contribution is -0.120. The first-order valence-electron chi connectivity index (χ1n) is 7.42. The fraction of sp³-hybridized carbons (Fsp3) is 0.600. The Morgan fingerprint density at radius 2 is 2.19 bits per heavy atom. The predicted molar refractivity (Wildman–Crippen MR) is 83.4 cm³/mol. The molecular weight excluding hydrogens is 268 g/mol. The molecule has 0 aromatic carbocycles. The Bertz CT molecular complexity index is 467. The molecule has 0 radical (unpaired) electrons. The molecule has 0 saturated carbocycles. The number of carbonyl (C=O) groups excluding carboxylic acids is 1. The molecule has 1 aromatic rings. The molecule has 6 nitrogen and oxygen atoms in total. The summed E-state index contributed by atoms with van der Waals surface area (Å²) in [5.41, 5.74) is 6.18. The van der Waals surface area contributed by atoms with Crippen LogP contribution in [0.5, 0.6) is 0 Å². The van der Waals surface area contributed by atoms with Crippen LogP contribution >= 0.6 is 0 Å². The highest BCUT2D eigenvalue weighted by atomic mass is 16.5. The molecule has 3 N–H and O–H groups in total. The van der Waals surface area contributed by atoms with Crippen molar-refractivity contribution >= 4 is 17.4 Å². The van der Waals surface area contributed by atoms with E-state index in [4.69, 9.17) is 10.5 Å². The van der Waals surface area contributed by atoms with Crippen molar-refractivity contribution in [1.82, 2.24) is 4.98 Å². The Hall–Kier alpha value is -1.66. The van der Waals surface area contributed by atoms with E-state index in [9.17, 15) is 4.79 Å². The van der Waals surface area contributed by atoms with E-state index >= 15 is 0 Å². The highest BCUT2D eigenvalue weighted by Gasteiger charge is 2.27. The Labute approximate surface area is 125 Å². The summed E-state index contributed by atoms with van der Waals surface area (Å²) in [5.74, 6) is 0.334. The summed E-state index contributed by atoms with van der Waals surface area (Å²) < 4.78 is 5.32. The number of carbonyl (C=O) groups is 1. The fourth-order valence-electron chi connectivity index (χ4n) is 2.36. The first-order chi connectivity index (χ1) is 10.0. The van der Waals surface area contributed by atoms with Crippen LogP contribution in [0, 0.1) is 0 Å². The van der Waals surface area contributed by atoms with Crippen molar-refractivity contribution in [2.75, 3.05) is 36.5 Å². The van der Waals surface area contributed by atoms with E-state index in [2.05, 4.69) is 15.2 Å². The minimum absolute atomic E-state index is 0.198. The maximum atomic E-state index is 12.1. The molecular formula is C15H24N4O2. The maximum absolute atomic E-state index is 12.1. The number of aromatic nitrogens is 1. The van der Waals surface area contributed by atoms with Crippen LogP contribution in [0.3, 0.4) is 0 Å². The van der Waals surface area contributed by atoms with Gasteiger partial charge in [0.05, 0.1) is 30.6 Å².